The van der Waals surface area contributed by atoms with E-state index in [2.05, 4.69) is 37.9 Å². The molecule has 0 radical (unpaired) electrons. The fourth-order valence-corrected chi connectivity index (χ4v) is 5.37. The molecular formula is C28H29ClN2O3S. The lowest BCUT2D eigenvalue weighted by molar-refractivity contribution is -0.143. The summed E-state index contributed by atoms with van der Waals surface area (Å²) in [5.74, 6) is -0.502. The maximum Gasteiger partial charge on any atom is 0.338 e. The Morgan fingerprint density at radius 2 is 1.80 bits per heavy atom. The Balaban J connectivity index is 1.90. The van der Waals surface area contributed by atoms with Gasteiger partial charge in [-0.3, -0.25) is 9.36 Å². The van der Waals surface area contributed by atoms with E-state index in [1.165, 1.54) is 16.9 Å². The highest BCUT2D eigenvalue weighted by Crippen LogP contribution is 2.34. The van der Waals surface area contributed by atoms with Crippen LogP contribution >= 0.6 is 22.9 Å². The Bertz CT molecular complexity index is 1490. The van der Waals surface area contributed by atoms with Gasteiger partial charge in [0.25, 0.3) is 5.56 Å². The van der Waals surface area contributed by atoms with Crippen molar-refractivity contribution in [1.29, 1.82) is 0 Å². The van der Waals surface area contributed by atoms with E-state index < -0.39 is 12.0 Å². The number of benzene rings is 2. The Morgan fingerprint density at radius 3 is 2.40 bits per heavy atom. The minimum absolute atomic E-state index is 0.0470. The average Bonchev–Trinajstić information content (AvgIpc) is 3.07. The van der Waals surface area contributed by atoms with Crippen LogP contribution in [-0.2, 0) is 14.9 Å². The van der Waals surface area contributed by atoms with Crippen LogP contribution in [0.15, 0.2) is 69.6 Å². The van der Waals surface area contributed by atoms with Gasteiger partial charge in [-0.15, -0.1) is 0 Å². The van der Waals surface area contributed by atoms with Crippen LogP contribution in [0.2, 0.25) is 5.02 Å². The minimum Gasteiger partial charge on any atom is -0.459 e. The van der Waals surface area contributed by atoms with Crippen molar-refractivity contribution >= 4 is 35.0 Å². The van der Waals surface area contributed by atoms with E-state index in [0.29, 0.717) is 31.2 Å². The van der Waals surface area contributed by atoms with Gasteiger partial charge < -0.3 is 4.74 Å². The number of rotatable bonds is 4. The molecule has 2 heterocycles. The summed E-state index contributed by atoms with van der Waals surface area (Å²) in [6, 6.07) is 14.7. The number of hydrogen-bond acceptors (Lipinski definition) is 5. The molecule has 0 N–H and O–H groups in total. The fourth-order valence-electron chi connectivity index (χ4n) is 4.08. The van der Waals surface area contributed by atoms with Crippen LogP contribution in [0, 0.1) is 0 Å². The van der Waals surface area contributed by atoms with E-state index in [1.807, 2.05) is 36.4 Å². The van der Waals surface area contributed by atoms with Crippen molar-refractivity contribution < 1.29 is 9.53 Å². The van der Waals surface area contributed by atoms with E-state index in [-0.39, 0.29) is 17.1 Å². The van der Waals surface area contributed by atoms with Crippen LogP contribution in [0.1, 0.15) is 64.3 Å². The Kier molecular flexibility index (Phi) is 6.89. The zero-order chi connectivity index (χ0) is 25.5. The molecule has 7 heteroatoms. The second-order valence-electron chi connectivity index (χ2n) is 9.93. The van der Waals surface area contributed by atoms with Crippen LogP contribution in [0.25, 0.3) is 6.08 Å². The molecule has 5 nitrogen and oxygen atoms in total. The molecule has 0 saturated carbocycles. The quantitative estimate of drug-likeness (QED) is 0.458. The Labute approximate surface area is 214 Å². The first kappa shape index (κ1) is 25.1. The Morgan fingerprint density at radius 1 is 1.14 bits per heavy atom. The fraction of sp³-hybridized carbons (Fsp3) is 0.321. The van der Waals surface area contributed by atoms with E-state index in [0.717, 1.165) is 5.56 Å². The molecule has 0 fully saturated rings. The molecule has 1 aliphatic heterocycles. The van der Waals surface area contributed by atoms with Crippen molar-refractivity contribution in [2.45, 2.75) is 59.1 Å². The summed E-state index contributed by atoms with van der Waals surface area (Å²) in [4.78, 5) is 32.0. The number of esters is 1. The third kappa shape index (κ3) is 5.04. The molecule has 3 aromatic rings. The number of carbonyl (C=O) groups excluding carboxylic acids is 1. The predicted molar refractivity (Wildman–Crippen MR) is 142 cm³/mol. The summed E-state index contributed by atoms with van der Waals surface area (Å²) in [6.07, 6.45) is 1.56. The van der Waals surface area contributed by atoms with Crippen molar-refractivity contribution in [2.24, 2.45) is 4.99 Å². The van der Waals surface area contributed by atoms with Gasteiger partial charge in [0, 0.05) is 5.02 Å². The van der Waals surface area contributed by atoms with E-state index >= 15 is 0 Å². The minimum atomic E-state index is -0.725. The number of allylic oxidation sites excluding steroid dienone is 1. The summed E-state index contributed by atoms with van der Waals surface area (Å²) in [6.45, 7) is 11.8. The van der Waals surface area contributed by atoms with Gasteiger partial charge in [0.05, 0.1) is 21.9 Å². The van der Waals surface area contributed by atoms with Crippen molar-refractivity contribution in [3.8, 4) is 0 Å². The van der Waals surface area contributed by atoms with E-state index in [9.17, 15) is 9.59 Å². The van der Waals surface area contributed by atoms with Gasteiger partial charge in [-0.05, 0) is 55.0 Å². The smallest absolute Gasteiger partial charge is 0.338 e. The average molecular weight is 509 g/mol. The highest BCUT2D eigenvalue weighted by atomic mass is 35.5. The first-order chi connectivity index (χ1) is 16.5. The molecule has 0 saturated heterocycles. The number of carbonyl (C=O) groups is 1. The largest absolute Gasteiger partial charge is 0.459 e. The molecule has 35 heavy (non-hydrogen) atoms. The summed E-state index contributed by atoms with van der Waals surface area (Å²) in [5.41, 5.74) is 3.46. The highest BCUT2D eigenvalue weighted by molar-refractivity contribution is 7.07. The van der Waals surface area contributed by atoms with Crippen molar-refractivity contribution in [3.63, 3.8) is 0 Å². The SMILES string of the molecule is CC1=C(C(=O)OC(C)C)C(c2ccccc2Cl)n2c(sc(=Cc3ccc(C(C)(C)C)cc3)c2=O)=N1. The van der Waals surface area contributed by atoms with Crippen LogP contribution in [0.3, 0.4) is 0 Å². The van der Waals surface area contributed by atoms with Crippen molar-refractivity contribution in [2.75, 3.05) is 0 Å². The van der Waals surface area contributed by atoms with Gasteiger partial charge >= 0.3 is 5.97 Å². The molecule has 1 unspecified atom stereocenters. The zero-order valence-electron chi connectivity index (χ0n) is 20.8. The van der Waals surface area contributed by atoms with Crippen LogP contribution in [0.4, 0.5) is 0 Å². The first-order valence-electron chi connectivity index (χ1n) is 11.6. The van der Waals surface area contributed by atoms with Gasteiger partial charge in [-0.1, -0.05) is 86.2 Å². The summed E-state index contributed by atoms with van der Waals surface area (Å²) >= 11 is 7.86. The summed E-state index contributed by atoms with van der Waals surface area (Å²) < 4.78 is 7.63. The second-order valence-corrected chi connectivity index (χ2v) is 11.3. The lowest BCUT2D eigenvalue weighted by atomic mass is 9.87. The van der Waals surface area contributed by atoms with Crippen LogP contribution in [-0.4, -0.2) is 16.6 Å². The molecule has 0 amide bonds. The van der Waals surface area contributed by atoms with E-state index in [1.54, 1.807) is 31.4 Å². The third-order valence-corrected chi connectivity index (χ3v) is 7.19. The van der Waals surface area contributed by atoms with Gasteiger partial charge in [0.2, 0.25) is 0 Å². The van der Waals surface area contributed by atoms with Crippen molar-refractivity contribution in [3.05, 3.63) is 101 Å². The van der Waals surface area contributed by atoms with Crippen LogP contribution < -0.4 is 14.9 Å². The molecule has 1 aliphatic rings. The van der Waals surface area contributed by atoms with Gasteiger partial charge in [0.15, 0.2) is 4.80 Å². The third-order valence-electron chi connectivity index (χ3n) is 5.86. The number of fused-ring (bicyclic) bond motifs is 1. The number of halogens is 1. The molecule has 2 aromatic carbocycles. The number of nitrogens with zero attached hydrogens (tertiary/aromatic N) is 2. The van der Waals surface area contributed by atoms with E-state index in [4.69, 9.17) is 16.3 Å². The van der Waals surface area contributed by atoms with Gasteiger partial charge in [-0.2, -0.15) is 0 Å². The van der Waals surface area contributed by atoms with Crippen LogP contribution in [0.5, 0.6) is 0 Å². The Hall–Kier alpha value is -2.96. The normalized spacial score (nSPS) is 16.3. The molecule has 0 aliphatic carbocycles. The zero-order valence-corrected chi connectivity index (χ0v) is 22.3. The molecule has 182 valence electrons. The monoisotopic (exact) mass is 508 g/mol. The molecule has 4 rings (SSSR count). The standard InChI is InChI=1S/C28H29ClN2O3S/c1-16(2)34-26(33)23-17(3)30-27-31(24(23)20-9-7-8-10-21(20)29)25(32)22(35-27)15-18-11-13-19(14-12-18)28(4,5)6/h7-16,24H,1-6H3. The number of thiazole rings is 1. The summed E-state index contributed by atoms with van der Waals surface area (Å²) in [5, 5.41) is 0.467. The molecule has 0 spiro atoms. The molecule has 1 atom stereocenters. The van der Waals surface area contributed by atoms with Crippen molar-refractivity contribution in [1.82, 2.24) is 4.57 Å². The van der Waals surface area contributed by atoms with Gasteiger partial charge in [-0.25, -0.2) is 9.79 Å². The topological polar surface area (TPSA) is 60.7 Å². The number of hydrogen-bond donors (Lipinski definition) is 0. The number of ether oxygens (including phenoxy) is 1. The molecular weight excluding hydrogens is 480 g/mol. The predicted octanol–water partition coefficient (Wildman–Crippen LogP) is 5.14. The maximum absolute atomic E-state index is 13.7. The molecule has 1 aromatic heterocycles. The lowest BCUT2D eigenvalue weighted by Gasteiger charge is -2.26. The lowest BCUT2D eigenvalue weighted by Crippen LogP contribution is -2.40. The van der Waals surface area contributed by atoms with Gasteiger partial charge in [0.1, 0.15) is 6.04 Å². The first-order valence-corrected chi connectivity index (χ1v) is 12.8. The highest BCUT2D eigenvalue weighted by Gasteiger charge is 2.34. The number of aromatic nitrogens is 1. The maximum atomic E-state index is 13.7. The summed E-state index contributed by atoms with van der Waals surface area (Å²) in [7, 11) is 0. The second kappa shape index (κ2) is 9.59. The molecule has 0 bridgehead atoms.